The summed E-state index contributed by atoms with van der Waals surface area (Å²) in [5.41, 5.74) is 8.94. The van der Waals surface area contributed by atoms with Crippen molar-refractivity contribution in [2.24, 2.45) is 0 Å². The molecule has 1 aromatic heterocycles. The molecular formula is C14H13FN2. The molecule has 0 fully saturated rings. The summed E-state index contributed by atoms with van der Waals surface area (Å²) in [5, 5.41) is 0. The van der Waals surface area contributed by atoms with Crippen LogP contribution in [0.25, 0.3) is 17.2 Å². The van der Waals surface area contributed by atoms with E-state index in [-0.39, 0.29) is 5.82 Å². The van der Waals surface area contributed by atoms with Crippen molar-refractivity contribution in [1.82, 2.24) is 4.98 Å². The fourth-order valence-electron chi connectivity index (χ4n) is 1.73. The van der Waals surface area contributed by atoms with Gasteiger partial charge >= 0.3 is 0 Å². The molecule has 0 radical (unpaired) electrons. The lowest BCUT2D eigenvalue weighted by atomic mass is 10.0. The van der Waals surface area contributed by atoms with E-state index in [0.717, 1.165) is 16.7 Å². The van der Waals surface area contributed by atoms with Gasteiger partial charge in [0.15, 0.2) is 0 Å². The molecule has 0 amide bonds. The second-order valence-corrected chi connectivity index (χ2v) is 3.70. The van der Waals surface area contributed by atoms with Crippen molar-refractivity contribution in [3.8, 4) is 11.1 Å². The van der Waals surface area contributed by atoms with Gasteiger partial charge in [0.1, 0.15) is 5.82 Å². The Kier molecular flexibility index (Phi) is 3.19. The second-order valence-electron chi connectivity index (χ2n) is 3.70. The third-order valence-corrected chi connectivity index (χ3v) is 2.49. The van der Waals surface area contributed by atoms with Crippen LogP contribution in [0.4, 0.5) is 10.1 Å². The van der Waals surface area contributed by atoms with E-state index in [1.165, 1.54) is 12.1 Å². The van der Waals surface area contributed by atoms with Gasteiger partial charge in [-0.3, -0.25) is 4.98 Å². The molecule has 86 valence electrons. The normalized spacial score (nSPS) is 10.9. The van der Waals surface area contributed by atoms with Crippen LogP contribution in [0.15, 0.2) is 42.7 Å². The quantitative estimate of drug-likeness (QED) is 0.854. The number of nitrogens with two attached hydrogens (primary N) is 1. The van der Waals surface area contributed by atoms with E-state index in [9.17, 15) is 4.39 Å². The number of pyridine rings is 1. The van der Waals surface area contributed by atoms with Crippen LogP contribution in [0.2, 0.25) is 0 Å². The zero-order chi connectivity index (χ0) is 12.3. The van der Waals surface area contributed by atoms with Gasteiger partial charge in [0, 0.05) is 17.3 Å². The number of rotatable bonds is 2. The first-order valence-electron chi connectivity index (χ1n) is 5.34. The Morgan fingerprint density at radius 2 is 2.12 bits per heavy atom. The summed E-state index contributed by atoms with van der Waals surface area (Å²) >= 11 is 0. The molecule has 0 unspecified atom stereocenters. The standard InChI is InChI=1S/C14H13FN2/c1-2-4-12-13(8-17-9-14(12)16)10-5-3-6-11(15)7-10/h2-9H,16H2,1H3/b4-2+. The topological polar surface area (TPSA) is 38.9 Å². The number of nitrogen functional groups attached to an aromatic ring is 1. The van der Waals surface area contributed by atoms with E-state index in [1.54, 1.807) is 18.5 Å². The molecule has 2 aromatic rings. The maximum Gasteiger partial charge on any atom is 0.123 e. The molecule has 0 bridgehead atoms. The molecule has 1 heterocycles. The van der Waals surface area contributed by atoms with Crippen molar-refractivity contribution in [2.75, 3.05) is 5.73 Å². The predicted octanol–water partition coefficient (Wildman–Crippen LogP) is 3.50. The van der Waals surface area contributed by atoms with Crippen molar-refractivity contribution < 1.29 is 4.39 Å². The third kappa shape index (κ3) is 2.33. The van der Waals surface area contributed by atoms with E-state index in [4.69, 9.17) is 5.73 Å². The van der Waals surface area contributed by atoms with Gasteiger partial charge in [-0.25, -0.2) is 4.39 Å². The number of hydrogen-bond acceptors (Lipinski definition) is 2. The maximum atomic E-state index is 13.2. The van der Waals surface area contributed by atoms with Gasteiger partial charge in [0.25, 0.3) is 0 Å². The highest BCUT2D eigenvalue weighted by Crippen LogP contribution is 2.28. The van der Waals surface area contributed by atoms with Gasteiger partial charge in [-0.1, -0.05) is 24.3 Å². The number of allylic oxidation sites excluding steroid dienone is 1. The molecule has 2 rings (SSSR count). The van der Waals surface area contributed by atoms with Gasteiger partial charge in [-0.15, -0.1) is 0 Å². The summed E-state index contributed by atoms with van der Waals surface area (Å²) < 4.78 is 13.2. The average molecular weight is 228 g/mol. The van der Waals surface area contributed by atoms with E-state index in [1.807, 2.05) is 25.1 Å². The van der Waals surface area contributed by atoms with Crippen LogP contribution in [0.3, 0.4) is 0 Å². The van der Waals surface area contributed by atoms with E-state index in [0.29, 0.717) is 5.69 Å². The average Bonchev–Trinajstić information content (AvgIpc) is 2.32. The fourth-order valence-corrected chi connectivity index (χ4v) is 1.73. The van der Waals surface area contributed by atoms with Crippen molar-refractivity contribution >= 4 is 11.8 Å². The molecule has 1 aromatic carbocycles. The molecule has 3 heteroatoms. The highest BCUT2D eigenvalue weighted by Gasteiger charge is 2.07. The Labute approximate surface area is 99.6 Å². The molecule has 0 spiro atoms. The molecule has 0 saturated heterocycles. The molecule has 0 aliphatic rings. The van der Waals surface area contributed by atoms with Crippen molar-refractivity contribution in [1.29, 1.82) is 0 Å². The number of aromatic nitrogens is 1. The highest BCUT2D eigenvalue weighted by atomic mass is 19.1. The van der Waals surface area contributed by atoms with Crippen molar-refractivity contribution in [3.05, 3.63) is 54.1 Å². The summed E-state index contributed by atoms with van der Waals surface area (Å²) in [6, 6.07) is 6.40. The first kappa shape index (κ1) is 11.3. The lowest BCUT2D eigenvalue weighted by Crippen LogP contribution is -1.94. The summed E-state index contributed by atoms with van der Waals surface area (Å²) in [4.78, 5) is 4.05. The van der Waals surface area contributed by atoms with Crippen LogP contribution in [0.5, 0.6) is 0 Å². The minimum absolute atomic E-state index is 0.267. The van der Waals surface area contributed by atoms with Gasteiger partial charge in [-0.05, 0) is 24.6 Å². The van der Waals surface area contributed by atoms with Crippen LogP contribution < -0.4 is 5.73 Å². The Balaban J connectivity index is 2.63. The maximum absolute atomic E-state index is 13.2. The fraction of sp³-hybridized carbons (Fsp3) is 0.0714. The number of benzene rings is 1. The molecular weight excluding hydrogens is 215 g/mol. The molecule has 0 saturated carbocycles. The number of halogens is 1. The summed E-state index contributed by atoms with van der Waals surface area (Å²) in [5.74, 6) is -0.267. The molecule has 2 nitrogen and oxygen atoms in total. The lowest BCUT2D eigenvalue weighted by Gasteiger charge is -2.08. The first-order valence-corrected chi connectivity index (χ1v) is 5.34. The van der Waals surface area contributed by atoms with E-state index in [2.05, 4.69) is 4.98 Å². The molecule has 17 heavy (non-hydrogen) atoms. The van der Waals surface area contributed by atoms with Crippen LogP contribution in [0, 0.1) is 5.82 Å². The van der Waals surface area contributed by atoms with Crippen LogP contribution in [-0.2, 0) is 0 Å². The summed E-state index contributed by atoms with van der Waals surface area (Å²) in [6.45, 7) is 1.91. The van der Waals surface area contributed by atoms with Crippen molar-refractivity contribution in [2.45, 2.75) is 6.92 Å². The van der Waals surface area contributed by atoms with Crippen LogP contribution >= 0.6 is 0 Å². The zero-order valence-electron chi connectivity index (χ0n) is 9.52. The van der Waals surface area contributed by atoms with E-state index >= 15 is 0 Å². The molecule has 2 N–H and O–H groups in total. The highest BCUT2D eigenvalue weighted by molar-refractivity contribution is 5.80. The summed E-state index contributed by atoms with van der Waals surface area (Å²) in [6.07, 6.45) is 7.09. The largest absolute Gasteiger partial charge is 0.397 e. The van der Waals surface area contributed by atoms with Crippen LogP contribution in [0.1, 0.15) is 12.5 Å². The second kappa shape index (κ2) is 4.78. The number of anilines is 1. The lowest BCUT2D eigenvalue weighted by molar-refractivity contribution is 0.628. The number of hydrogen-bond donors (Lipinski definition) is 1. The van der Waals surface area contributed by atoms with Gasteiger partial charge < -0.3 is 5.73 Å². The minimum Gasteiger partial charge on any atom is -0.397 e. The Bertz CT molecular complexity index is 562. The number of nitrogens with zero attached hydrogens (tertiary/aromatic N) is 1. The van der Waals surface area contributed by atoms with Crippen molar-refractivity contribution in [3.63, 3.8) is 0 Å². The molecule has 0 aliphatic heterocycles. The van der Waals surface area contributed by atoms with Gasteiger partial charge in [-0.2, -0.15) is 0 Å². The van der Waals surface area contributed by atoms with Gasteiger partial charge in [0.2, 0.25) is 0 Å². The predicted molar refractivity (Wildman–Crippen MR) is 68.8 cm³/mol. The molecule has 0 aliphatic carbocycles. The summed E-state index contributed by atoms with van der Waals surface area (Å²) in [7, 11) is 0. The first-order chi connectivity index (χ1) is 8.22. The third-order valence-electron chi connectivity index (χ3n) is 2.49. The Hall–Kier alpha value is -2.16. The SMILES string of the molecule is C/C=C/c1c(N)cncc1-c1cccc(F)c1. The Morgan fingerprint density at radius 3 is 2.82 bits per heavy atom. The van der Waals surface area contributed by atoms with E-state index < -0.39 is 0 Å². The van der Waals surface area contributed by atoms with Crippen LogP contribution in [-0.4, -0.2) is 4.98 Å². The minimum atomic E-state index is -0.267. The Morgan fingerprint density at radius 1 is 1.29 bits per heavy atom. The zero-order valence-corrected chi connectivity index (χ0v) is 9.52. The smallest absolute Gasteiger partial charge is 0.123 e. The monoisotopic (exact) mass is 228 g/mol. The molecule has 0 atom stereocenters. The van der Waals surface area contributed by atoms with Gasteiger partial charge in [0.05, 0.1) is 11.9 Å².